The van der Waals surface area contributed by atoms with Crippen molar-refractivity contribution in [3.8, 4) is 0 Å². The first-order valence-electron chi connectivity index (χ1n) is 6.66. The van der Waals surface area contributed by atoms with E-state index in [2.05, 4.69) is 0 Å². The van der Waals surface area contributed by atoms with E-state index < -0.39 is 0 Å². The van der Waals surface area contributed by atoms with Crippen LogP contribution in [0.3, 0.4) is 0 Å². The topological polar surface area (TPSA) is 46.6 Å². The second-order valence-electron chi connectivity index (χ2n) is 4.60. The average Bonchev–Trinajstić information content (AvgIpc) is 2.47. The van der Waals surface area contributed by atoms with Crippen molar-refractivity contribution in [2.45, 2.75) is 19.4 Å². The lowest BCUT2D eigenvalue weighted by molar-refractivity contribution is -0.151. The summed E-state index contributed by atoms with van der Waals surface area (Å²) in [4.78, 5) is 24.6. The summed E-state index contributed by atoms with van der Waals surface area (Å²) < 4.78 is 18.4. The molecule has 0 aliphatic heterocycles. The Bertz CT molecular complexity index is 482. The Morgan fingerprint density at radius 3 is 2.71 bits per heavy atom. The summed E-state index contributed by atoms with van der Waals surface area (Å²) in [6.07, 6.45) is 3.01. The van der Waals surface area contributed by atoms with E-state index in [0.717, 1.165) is 12.2 Å². The SMILES string of the molecule is CSCCCC(=O)OCC(=O)N(C)Cc1ccccc1F. The van der Waals surface area contributed by atoms with Crippen molar-refractivity contribution in [3.05, 3.63) is 35.6 Å². The Morgan fingerprint density at radius 1 is 1.33 bits per heavy atom. The molecule has 0 unspecified atom stereocenters. The normalized spacial score (nSPS) is 10.2. The van der Waals surface area contributed by atoms with Crippen LogP contribution in [0, 0.1) is 5.82 Å². The molecule has 0 spiro atoms. The number of benzene rings is 1. The molecule has 1 rings (SSSR count). The molecule has 0 bridgehead atoms. The lowest BCUT2D eigenvalue weighted by atomic mass is 10.2. The maximum Gasteiger partial charge on any atom is 0.306 e. The molecule has 4 nitrogen and oxygen atoms in total. The number of ether oxygens (including phenoxy) is 1. The molecular weight excluding hydrogens is 293 g/mol. The minimum Gasteiger partial charge on any atom is -0.456 e. The number of carbonyl (C=O) groups is 2. The monoisotopic (exact) mass is 313 g/mol. The number of amides is 1. The predicted molar refractivity (Wildman–Crippen MR) is 81.4 cm³/mol. The molecule has 0 aliphatic rings. The zero-order valence-electron chi connectivity index (χ0n) is 12.3. The highest BCUT2D eigenvalue weighted by Gasteiger charge is 2.13. The van der Waals surface area contributed by atoms with Gasteiger partial charge in [0.1, 0.15) is 5.82 Å². The van der Waals surface area contributed by atoms with Gasteiger partial charge < -0.3 is 9.64 Å². The fraction of sp³-hybridized carbons (Fsp3) is 0.467. The van der Waals surface area contributed by atoms with Crippen molar-refractivity contribution >= 4 is 23.6 Å². The Kier molecular flexibility index (Phi) is 7.82. The summed E-state index contributed by atoms with van der Waals surface area (Å²) in [5.74, 6) is -0.199. The van der Waals surface area contributed by atoms with Gasteiger partial charge in [-0.3, -0.25) is 9.59 Å². The summed E-state index contributed by atoms with van der Waals surface area (Å²) in [6.45, 7) is -0.154. The van der Waals surface area contributed by atoms with Crippen LogP contribution in [0.25, 0.3) is 0 Å². The van der Waals surface area contributed by atoms with Crippen LogP contribution in [-0.4, -0.2) is 42.4 Å². The van der Waals surface area contributed by atoms with Crippen LogP contribution in [-0.2, 0) is 20.9 Å². The summed E-state index contributed by atoms with van der Waals surface area (Å²) in [7, 11) is 1.55. The first-order valence-corrected chi connectivity index (χ1v) is 8.06. The Hall–Kier alpha value is -1.56. The van der Waals surface area contributed by atoms with Crippen LogP contribution >= 0.6 is 11.8 Å². The van der Waals surface area contributed by atoms with E-state index in [1.165, 1.54) is 11.0 Å². The fourth-order valence-electron chi connectivity index (χ4n) is 1.66. The summed E-state index contributed by atoms with van der Waals surface area (Å²) >= 11 is 1.66. The molecule has 0 aliphatic carbocycles. The van der Waals surface area contributed by atoms with E-state index in [9.17, 15) is 14.0 Å². The largest absolute Gasteiger partial charge is 0.456 e. The molecule has 0 saturated carbocycles. The van der Waals surface area contributed by atoms with Gasteiger partial charge in [0.05, 0.1) is 0 Å². The smallest absolute Gasteiger partial charge is 0.306 e. The number of rotatable bonds is 8. The highest BCUT2D eigenvalue weighted by molar-refractivity contribution is 7.98. The van der Waals surface area contributed by atoms with Crippen LogP contribution in [0.1, 0.15) is 18.4 Å². The van der Waals surface area contributed by atoms with E-state index in [4.69, 9.17) is 4.74 Å². The Morgan fingerprint density at radius 2 is 2.05 bits per heavy atom. The molecule has 0 heterocycles. The molecule has 0 N–H and O–H groups in total. The van der Waals surface area contributed by atoms with Gasteiger partial charge in [-0.1, -0.05) is 18.2 Å². The van der Waals surface area contributed by atoms with Gasteiger partial charge in [-0.15, -0.1) is 0 Å². The molecule has 0 fully saturated rings. The first-order chi connectivity index (χ1) is 10.0. The van der Waals surface area contributed by atoms with Crippen LogP contribution < -0.4 is 0 Å². The van der Waals surface area contributed by atoms with Gasteiger partial charge in [0.25, 0.3) is 5.91 Å². The van der Waals surface area contributed by atoms with Crippen LogP contribution in [0.15, 0.2) is 24.3 Å². The second kappa shape index (κ2) is 9.39. The number of carbonyl (C=O) groups excluding carboxylic acids is 2. The van der Waals surface area contributed by atoms with E-state index in [1.54, 1.807) is 37.0 Å². The van der Waals surface area contributed by atoms with Crippen LogP contribution in [0.4, 0.5) is 4.39 Å². The van der Waals surface area contributed by atoms with Gasteiger partial charge in [-0.2, -0.15) is 11.8 Å². The van der Waals surface area contributed by atoms with Crippen molar-refractivity contribution in [3.63, 3.8) is 0 Å². The number of nitrogens with zero attached hydrogens (tertiary/aromatic N) is 1. The molecular formula is C15H20FNO3S. The molecule has 1 aromatic rings. The number of hydrogen-bond donors (Lipinski definition) is 0. The van der Waals surface area contributed by atoms with Gasteiger partial charge in [0.15, 0.2) is 6.61 Å². The van der Waals surface area contributed by atoms with Gasteiger partial charge in [0, 0.05) is 25.6 Å². The summed E-state index contributed by atoms with van der Waals surface area (Å²) in [5, 5.41) is 0. The third kappa shape index (κ3) is 6.62. The van der Waals surface area contributed by atoms with Crippen molar-refractivity contribution in [2.24, 2.45) is 0 Å². The maximum absolute atomic E-state index is 13.5. The van der Waals surface area contributed by atoms with Crippen molar-refractivity contribution < 1.29 is 18.7 Å². The molecule has 0 radical (unpaired) electrons. The molecule has 0 atom stereocenters. The molecule has 116 valence electrons. The predicted octanol–water partition coefficient (Wildman–Crippen LogP) is 2.47. The Balaban J connectivity index is 2.34. The Labute approximate surface area is 128 Å². The number of hydrogen-bond acceptors (Lipinski definition) is 4. The second-order valence-corrected chi connectivity index (χ2v) is 5.58. The number of likely N-dealkylation sites (N-methyl/N-ethyl adjacent to an activating group) is 1. The summed E-state index contributed by atoms with van der Waals surface area (Å²) in [5.41, 5.74) is 0.430. The summed E-state index contributed by atoms with van der Waals surface area (Å²) in [6, 6.07) is 6.27. The fourth-order valence-corrected chi connectivity index (χ4v) is 2.09. The minimum atomic E-state index is -0.378. The average molecular weight is 313 g/mol. The van der Waals surface area contributed by atoms with Crippen molar-refractivity contribution in [1.29, 1.82) is 0 Å². The van der Waals surface area contributed by atoms with Crippen molar-refractivity contribution in [2.75, 3.05) is 25.7 Å². The van der Waals surface area contributed by atoms with E-state index in [0.29, 0.717) is 12.0 Å². The molecule has 6 heteroatoms. The number of esters is 1. The highest BCUT2D eigenvalue weighted by Crippen LogP contribution is 2.09. The third-order valence-corrected chi connectivity index (χ3v) is 3.57. The standard InChI is InChI=1S/C15H20FNO3S/c1-17(10-12-6-3-4-7-13(12)16)14(18)11-20-15(19)8-5-9-21-2/h3-4,6-7H,5,8-11H2,1-2H3. The third-order valence-electron chi connectivity index (χ3n) is 2.88. The van der Waals surface area contributed by atoms with Crippen molar-refractivity contribution in [1.82, 2.24) is 4.90 Å². The lowest BCUT2D eigenvalue weighted by Crippen LogP contribution is -2.31. The molecule has 21 heavy (non-hydrogen) atoms. The molecule has 0 aromatic heterocycles. The minimum absolute atomic E-state index is 0.148. The van der Waals surface area contributed by atoms with Gasteiger partial charge in [-0.05, 0) is 24.5 Å². The van der Waals surface area contributed by atoms with Crippen LogP contribution in [0.5, 0.6) is 0 Å². The first kappa shape index (κ1) is 17.5. The zero-order valence-corrected chi connectivity index (χ0v) is 13.1. The molecule has 1 amide bonds. The quantitative estimate of drug-likeness (QED) is 0.546. The van der Waals surface area contributed by atoms with E-state index in [1.807, 2.05) is 6.26 Å². The van der Waals surface area contributed by atoms with Gasteiger partial charge >= 0.3 is 5.97 Å². The lowest BCUT2D eigenvalue weighted by Gasteiger charge is -2.17. The van der Waals surface area contributed by atoms with Crippen LogP contribution in [0.2, 0.25) is 0 Å². The number of thioether (sulfide) groups is 1. The van der Waals surface area contributed by atoms with Gasteiger partial charge in [-0.25, -0.2) is 4.39 Å². The molecule has 0 saturated heterocycles. The maximum atomic E-state index is 13.5. The zero-order chi connectivity index (χ0) is 15.7. The molecule has 1 aromatic carbocycles. The van der Waals surface area contributed by atoms with E-state index >= 15 is 0 Å². The highest BCUT2D eigenvalue weighted by atomic mass is 32.2. The van der Waals surface area contributed by atoms with E-state index in [-0.39, 0.29) is 30.8 Å². The van der Waals surface area contributed by atoms with Gasteiger partial charge in [0.2, 0.25) is 0 Å². The number of halogens is 1.